The van der Waals surface area contributed by atoms with E-state index in [-0.39, 0.29) is 18.2 Å². The van der Waals surface area contributed by atoms with Crippen molar-refractivity contribution in [3.8, 4) is 0 Å². The van der Waals surface area contributed by atoms with Crippen LogP contribution in [-0.2, 0) is 22.5 Å². The quantitative estimate of drug-likeness (QED) is 0.877. The van der Waals surface area contributed by atoms with Crippen LogP contribution in [0, 0.1) is 6.92 Å². The Hall–Kier alpha value is -1.92. The lowest BCUT2D eigenvalue weighted by molar-refractivity contribution is -0.120. The molecule has 7 heteroatoms. The van der Waals surface area contributed by atoms with Crippen LogP contribution in [0.4, 0.5) is 0 Å². The average Bonchev–Trinajstić information content (AvgIpc) is 3.19. The fraction of sp³-hybridized carbons (Fsp3) is 0.438. The van der Waals surface area contributed by atoms with Gasteiger partial charge in [-0.25, -0.2) is 4.98 Å². The smallest absolute Gasteiger partial charge is 0.224 e. The number of benzene rings is 1. The molecule has 0 aliphatic carbocycles. The lowest BCUT2D eigenvalue weighted by Crippen LogP contribution is -2.25. The van der Waals surface area contributed by atoms with Gasteiger partial charge in [-0.2, -0.15) is 5.10 Å². The Morgan fingerprint density at radius 1 is 1.52 bits per heavy atom. The Kier molecular flexibility index (Phi) is 4.93. The predicted octanol–water partition coefficient (Wildman–Crippen LogP) is 2.13. The molecule has 23 heavy (non-hydrogen) atoms. The Morgan fingerprint density at radius 2 is 2.39 bits per heavy atom. The van der Waals surface area contributed by atoms with Gasteiger partial charge >= 0.3 is 0 Å². The van der Waals surface area contributed by atoms with Crippen LogP contribution < -0.4 is 5.32 Å². The minimum absolute atomic E-state index is 0.0768. The predicted molar refractivity (Wildman–Crippen MR) is 86.3 cm³/mol. The molecule has 1 aromatic carbocycles. The van der Waals surface area contributed by atoms with Crippen molar-refractivity contribution in [2.45, 2.75) is 32.2 Å². The topological polar surface area (TPSA) is 79.9 Å². The van der Waals surface area contributed by atoms with Crippen molar-refractivity contribution in [2.24, 2.45) is 0 Å². The van der Waals surface area contributed by atoms with Crippen LogP contribution in [0.3, 0.4) is 0 Å². The number of ether oxygens (including phenoxy) is 1. The van der Waals surface area contributed by atoms with E-state index in [2.05, 4.69) is 20.5 Å². The summed E-state index contributed by atoms with van der Waals surface area (Å²) in [5.74, 6) is 1.59. The third-order valence-electron chi connectivity index (χ3n) is 3.90. The first-order valence-electron chi connectivity index (χ1n) is 7.62. The number of H-pyrrole nitrogens is 1. The summed E-state index contributed by atoms with van der Waals surface area (Å²) >= 11 is 6.07. The molecule has 3 rings (SSSR count). The molecular formula is C16H19ClN4O2. The summed E-state index contributed by atoms with van der Waals surface area (Å²) in [5, 5.41) is 10.6. The molecule has 122 valence electrons. The first-order chi connectivity index (χ1) is 11.1. The van der Waals surface area contributed by atoms with E-state index in [4.69, 9.17) is 16.3 Å². The maximum atomic E-state index is 12.0. The zero-order chi connectivity index (χ0) is 16.2. The number of amides is 1. The summed E-state index contributed by atoms with van der Waals surface area (Å²) in [4.78, 5) is 16.4. The highest BCUT2D eigenvalue weighted by Gasteiger charge is 2.21. The van der Waals surface area contributed by atoms with Gasteiger partial charge in [-0.1, -0.05) is 23.7 Å². The van der Waals surface area contributed by atoms with Crippen LogP contribution in [-0.4, -0.2) is 34.3 Å². The molecule has 0 spiro atoms. The van der Waals surface area contributed by atoms with Crippen LogP contribution >= 0.6 is 11.6 Å². The Bertz CT molecular complexity index is 695. The molecule has 2 aromatic rings. The zero-order valence-electron chi connectivity index (χ0n) is 12.9. The van der Waals surface area contributed by atoms with Gasteiger partial charge in [0, 0.05) is 17.5 Å². The van der Waals surface area contributed by atoms with E-state index in [9.17, 15) is 4.79 Å². The van der Waals surface area contributed by atoms with Gasteiger partial charge in [0.05, 0.1) is 19.6 Å². The van der Waals surface area contributed by atoms with Crippen molar-refractivity contribution in [3.63, 3.8) is 0 Å². The number of carbonyl (C=O) groups is 1. The van der Waals surface area contributed by atoms with Gasteiger partial charge in [-0.05, 0) is 30.5 Å². The second kappa shape index (κ2) is 7.10. The lowest BCUT2D eigenvalue weighted by Gasteiger charge is -2.05. The van der Waals surface area contributed by atoms with Gasteiger partial charge in [0.1, 0.15) is 5.82 Å². The maximum absolute atomic E-state index is 12.0. The van der Waals surface area contributed by atoms with E-state index in [0.29, 0.717) is 24.0 Å². The number of nitrogens with zero attached hydrogens (tertiary/aromatic N) is 2. The summed E-state index contributed by atoms with van der Waals surface area (Å²) in [5.41, 5.74) is 1.89. The van der Waals surface area contributed by atoms with Crippen molar-refractivity contribution in [3.05, 3.63) is 46.0 Å². The van der Waals surface area contributed by atoms with E-state index in [0.717, 1.165) is 30.0 Å². The number of hydrogen-bond donors (Lipinski definition) is 2. The van der Waals surface area contributed by atoms with Gasteiger partial charge in [0.2, 0.25) is 5.91 Å². The first kappa shape index (κ1) is 16.0. The van der Waals surface area contributed by atoms with E-state index in [1.807, 2.05) is 25.1 Å². The first-order valence-corrected chi connectivity index (χ1v) is 8.00. The van der Waals surface area contributed by atoms with Crippen molar-refractivity contribution < 1.29 is 9.53 Å². The Labute approximate surface area is 139 Å². The minimum Gasteiger partial charge on any atom is -0.381 e. The van der Waals surface area contributed by atoms with Crippen LogP contribution in [0.2, 0.25) is 5.02 Å². The second-order valence-corrected chi connectivity index (χ2v) is 6.15. The molecule has 6 nitrogen and oxygen atoms in total. The maximum Gasteiger partial charge on any atom is 0.224 e. The Morgan fingerprint density at radius 3 is 3.13 bits per heavy atom. The molecule has 1 unspecified atom stereocenters. The number of rotatable bonds is 5. The largest absolute Gasteiger partial charge is 0.381 e. The highest BCUT2D eigenvalue weighted by Crippen LogP contribution is 2.21. The molecule has 2 N–H and O–H groups in total. The van der Waals surface area contributed by atoms with Crippen molar-refractivity contribution >= 4 is 17.5 Å². The van der Waals surface area contributed by atoms with Crippen molar-refractivity contribution in [1.29, 1.82) is 0 Å². The molecule has 1 saturated heterocycles. The molecular weight excluding hydrogens is 316 g/mol. The molecule has 1 aliphatic heterocycles. The molecule has 0 radical (unpaired) electrons. The summed E-state index contributed by atoms with van der Waals surface area (Å²) in [6.07, 6.45) is 1.23. The number of aromatic amines is 1. The van der Waals surface area contributed by atoms with Crippen molar-refractivity contribution in [1.82, 2.24) is 20.5 Å². The normalized spacial score (nSPS) is 17.4. The van der Waals surface area contributed by atoms with E-state index < -0.39 is 0 Å². The van der Waals surface area contributed by atoms with Gasteiger partial charge < -0.3 is 10.1 Å². The van der Waals surface area contributed by atoms with Gasteiger partial charge in [0.15, 0.2) is 5.82 Å². The minimum atomic E-state index is -0.0768. The molecule has 1 aromatic heterocycles. The molecule has 0 saturated carbocycles. The highest BCUT2D eigenvalue weighted by molar-refractivity contribution is 6.31. The van der Waals surface area contributed by atoms with Gasteiger partial charge in [-0.15, -0.1) is 0 Å². The van der Waals surface area contributed by atoms with Crippen LogP contribution in [0.25, 0.3) is 0 Å². The zero-order valence-corrected chi connectivity index (χ0v) is 13.7. The Balaban J connectivity index is 1.51. The van der Waals surface area contributed by atoms with E-state index in [1.165, 1.54) is 0 Å². The summed E-state index contributed by atoms with van der Waals surface area (Å²) in [6.45, 7) is 3.68. The molecule has 1 aliphatic rings. The highest BCUT2D eigenvalue weighted by atomic mass is 35.5. The molecule has 0 bridgehead atoms. The lowest BCUT2D eigenvalue weighted by atomic mass is 10.1. The molecule has 1 amide bonds. The number of aromatic nitrogens is 3. The molecule has 2 heterocycles. The number of aryl methyl sites for hydroxylation is 1. The number of carbonyl (C=O) groups excluding carboxylic acids is 1. The fourth-order valence-electron chi connectivity index (χ4n) is 2.49. The van der Waals surface area contributed by atoms with Crippen LogP contribution in [0.5, 0.6) is 0 Å². The number of halogens is 1. The average molecular weight is 335 g/mol. The standard InChI is InChI=1S/C16H19ClN4O2/c1-10-2-3-11(6-13(10)17)7-15(22)18-8-14-19-16(21-20-14)12-4-5-23-9-12/h2-3,6,12H,4-5,7-9H2,1H3,(H,18,22)(H,19,20,21). The van der Waals surface area contributed by atoms with Gasteiger partial charge in [-0.3, -0.25) is 9.89 Å². The second-order valence-electron chi connectivity index (χ2n) is 5.74. The van der Waals surface area contributed by atoms with E-state index in [1.54, 1.807) is 0 Å². The van der Waals surface area contributed by atoms with E-state index >= 15 is 0 Å². The summed E-state index contributed by atoms with van der Waals surface area (Å²) in [7, 11) is 0. The number of nitrogens with one attached hydrogen (secondary N) is 2. The van der Waals surface area contributed by atoms with Crippen molar-refractivity contribution in [2.75, 3.05) is 13.2 Å². The van der Waals surface area contributed by atoms with Crippen LogP contribution in [0.1, 0.15) is 35.1 Å². The van der Waals surface area contributed by atoms with Gasteiger partial charge in [0.25, 0.3) is 0 Å². The third kappa shape index (κ3) is 4.09. The monoisotopic (exact) mass is 334 g/mol. The summed E-state index contributed by atoms with van der Waals surface area (Å²) in [6, 6.07) is 5.65. The molecule has 1 atom stereocenters. The number of hydrogen-bond acceptors (Lipinski definition) is 4. The summed E-state index contributed by atoms with van der Waals surface area (Å²) < 4.78 is 5.33. The fourth-order valence-corrected chi connectivity index (χ4v) is 2.69. The SMILES string of the molecule is Cc1ccc(CC(=O)NCc2nc(C3CCOC3)n[nH]2)cc1Cl. The third-order valence-corrected chi connectivity index (χ3v) is 4.30. The van der Waals surface area contributed by atoms with Crippen LogP contribution in [0.15, 0.2) is 18.2 Å². The molecule has 1 fully saturated rings.